The van der Waals surface area contributed by atoms with E-state index in [0.29, 0.717) is 0 Å². The summed E-state index contributed by atoms with van der Waals surface area (Å²) in [5, 5.41) is 5.43. The van der Waals surface area contributed by atoms with E-state index in [9.17, 15) is 0 Å². The molecule has 12 heavy (non-hydrogen) atoms. The summed E-state index contributed by atoms with van der Waals surface area (Å²) in [5.41, 5.74) is 6.71. The van der Waals surface area contributed by atoms with E-state index < -0.39 is 0 Å². The Hall–Kier alpha value is -0.480. The molecule has 1 atom stereocenters. The first-order valence-corrected chi connectivity index (χ1v) is 4.97. The summed E-state index contributed by atoms with van der Waals surface area (Å²) < 4.78 is 1.89. The predicted octanol–water partition coefficient (Wildman–Crippen LogP) is 1.17. The van der Waals surface area contributed by atoms with Gasteiger partial charge in [-0.15, -0.1) is 11.8 Å². The van der Waals surface area contributed by atoms with E-state index in [-0.39, 0.29) is 6.04 Å². The molecule has 1 aromatic rings. The molecule has 1 unspecified atom stereocenters. The summed E-state index contributed by atoms with van der Waals surface area (Å²) >= 11 is 1.75. The lowest BCUT2D eigenvalue weighted by atomic mass is 10.4. The Morgan fingerprint density at radius 2 is 2.42 bits per heavy atom. The number of nitrogens with two attached hydrogens (primary N) is 1. The highest BCUT2D eigenvalue weighted by Crippen LogP contribution is 2.18. The molecule has 0 aliphatic carbocycles. The van der Waals surface area contributed by atoms with Gasteiger partial charge in [0, 0.05) is 18.8 Å². The van der Waals surface area contributed by atoms with Crippen molar-refractivity contribution < 1.29 is 0 Å². The molecule has 0 fully saturated rings. The molecule has 0 saturated heterocycles. The summed E-state index contributed by atoms with van der Waals surface area (Å²) in [4.78, 5) is 0. The fourth-order valence-electron chi connectivity index (χ4n) is 0.939. The molecular formula is C8H15N3S. The molecule has 0 aliphatic rings. The highest BCUT2D eigenvalue weighted by molar-refractivity contribution is 7.99. The largest absolute Gasteiger partial charge is 0.327 e. The van der Waals surface area contributed by atoms with E-state index in [1.165, 1.54) is 5.03 Å². The maximum atomic E-state index is 5.65. The molecule has 0 bridgehead atoms. The van der Waals surface area contributed by atoms with Crippen LogP contribution in [0.2, 0.25) is 0 Å². The SMILES string of the molecule is Cc1cc(SCC(C)N)n(C)n1. The molecule has 3 nitrogen and oxygen atoms in total. The average Bonchev–Trinajstić information content (AvgIpc) is 2.26. The molecule has 4 heteroatoms. The Morgan fingerprint density at radius 1 is 1.75 bits per heavy atom. The number of aryl methyl sites for hydroxylation is 2. The van der Waals surface area contributed by atoms with Crippen molar-refractivity contribution in [3.8, 4) is 0 Å². The number of nitrogens with zero attached hydrogens (tertiary/aromatic N) is 2. The van der Waals surface area contributed by atoms with Crippen LogP contribution >= 0.6 is 11.8 Å². The van der Waals surface area contributed by atoms with Gasteiger partial charge < -0.3 is 5.73 Å². The first-order valence-electron chi connectivity index (χ1n) is 3.98. The van der Waals surface area contributed by atoms with Crippen molar-refractivity contribution in [2.45, 2.75) is 24.9 Å². The second-order valence-corrected chi connectivity index (χ2v) is 4.08. The zero-order valence-electron chi connectivity index (χ0n) is 7.74. The Bertz CT molecular complexity index is 255. The molecule has 68 valence electrons. The van der Waals surface area contributed by atoms with Crippen LogP contribution in [-0.2, 0) is 7.05 Å². The van der Waals surface area contributed by atoms with Crippen molar-refractivity contribution in [3.05, 3.63) is 11.8 Å². The lowest BCUT2D eigenvalue weighted by Gasteiger charge is -2.03. The molecule has 1 aromatic heterocycles. The maximum Gasteiger partial charge on any atom is 0.0939 e. The lowest BCUT2D eigenvalue weighted by molar-refractivity contribution is 0.691. The fraction of sp³-hybridized carbons (Fsp3) is 0.625. The molecule has 2 N–H and O–H groups in total. The van der Waals surface area contributed by atoms with E-state index in [2.05, 4.69) is 11.2 Å². The summed E-state index contributed by atoms with van der Waals surface area (Å²) in [6.45, 7) is 4.01. The second kappa shape index (κ2) is 3.96. The molecule has 0 aromatic carbocycles. The minimum absolute atomic E-state index is 0.241. The number of rotatable bonds is 3. The molecule has 1 heterocycles. The Labute approximate surface area is 77.3 Å². The topological polar surface area (TPSA) is 43.8 Å². The molecule has 0 aliphatic heterocycles. The van der Waals surface area contributed by atoms with E-state index in [1.54, 1.807) is 11.8 Å². The molecule has 0 saturated carbocycles. The Balaban J connectivity index is 2.57. The number of thioether (sulfide) groups is 1. The predicted molar refractivity (Wildman–Crippen MR) is 52.3 cm³/mol. The van der Waals surface area contributed by atoms with Crippen LogP contribution in [0.1, 0.15) is 12.6 Å². The Morgan fingerprint density at radius 3 is 2.83 bits per heavy atom. The standard InChI is InChI=1S/C8H15N3S/c1-6(9)5-12-8-4-7(2)10-11(8)3/h4,6H,5,9H2,1-3H3. The van der Waals surface area contributed by atoms with Gasteiger partial charge in [-0.05, 0) is 19.9 Å². The number of hydrogen-bond donors (Lipinski definition) is 1. The summed E-state index contributed by atoms with van der Waals surface area (Å²) in [7, 11) is 1.95. The monoisotopic (exact) mass is 185 g/mol. The first kappa shape index (κ1) is 9.61. The first-order chi connectivity index (χ1) is 5.59. The van der Waals surface area contributed by atoms with Gasteiger partial charge in [0.1, 0.15) is 0 Å². The van der Waals surface area contributed by atoms with Gasteiger partial charge in [-0.1, -0.05) is 0 Å². The van der Waals surface area contributed by atoms with Crippen molar-refractivity contribution in [2.75, 3.05) is 5.75 Å². The quantitative estimate of drug-likeness (QED) is 0.719. The van der Waals surface area contributed by atoms with Gasteiger partial charge in [-0.2, -0.15) is 5.10 Å². The van der Waals surface area contributed by atoms with E-state index in [4.69, 9.17) is 5.73 Å². The van der Waals surface area contributed by atoms with Gasteiger partial charge in [-0.25, -0.2) is 0 Å². The highest BCUT2D eigenvalue weighted by Gasteiger charge is 2.03. The van der Waals surface area contributed by atoms with Crippen LogP contribution in [0.5, 0.6) is 0 Å². The third-order valence-electron chi connectivity index (χ3n) is 1.45. The zero-order valence-corrected chi connectivity index (χ0v) is 8.56. The van der Waals surface area contributed by atoms with Gasteiger partial charge in [0.25, 0.3) is 0 Å². The Kier molecular flexibility index (Phi) is 3.17. The van der Waals surface area contributed by atoms with Crippen LogP contribution in [0.3, 0.4) is 0 Å². The minimum Gasteiger partial charge on any atom is -0.327 e. The van der Waals surface area contributed by atoms with Crippen molar-refractivity contribution in [2.24, 2.45) is 12.8 Å². The normalized spacial score (nSPS) is 13.3. The van der Waals surface area contributed by atoms with E-state index in [0.717, 1.165) is 11.4 Å². The third kappa shape index (κ3) is 2.53. The van der Waals surface area contributed by atoms with Crippen LogP contribution in [0.25, 0.3) is 0 Å². The molecular weight excluding hydrogens is 170 g/mol. The van der Waals surface area contributed by atoms with Crippen molar-refractivity contribution in [1.29, 1.82) is 0 Å². The average molecular weight is 185 g/mol. The van der Waals surface area contributed by atoms with Gasteiger partial charge in [0.15, 0.2) is 0 Å². The maximum absolute atomic E-state index is 5.65. The summed E-state index contributed by atoms with van der Waals surface area (Å²) in [6, 6.07) is 2.32. The van der Waals surface area contributed by atoms with Gasteiger partial charge in [0.2, 0.25) is 0 Å². The van der Waals surface area contributed by atoms with Crippen molar-refractivity contribution >= 4 is 11.8 Å². The van der Waals surface area contributed by atoms with Crippen molar-refractivity contribution in [1.82, 2.24) is 9.78 Å². The molecule has 0 amide bonds. The lowest BCUT2D eigenvalue weighted by Crippen LogP contribution is -2.17. The summed E-state index contributed by atoms with van der Waals surface area (Å²) in [6.07, 6.45) is 0. The molecule has 0 spiro atoms. The smallest absolute Gasteiger partial charge is 0.0939 e. The fourth-order valence-corrected chi connectivity index (χ4v) is 1.85. The molecule has 0 radical (unpaired) electrons. The van der Waals surface area contributed by atoms with Crippen LogP contribution in [0.4, 0.5) is 0 Å². The third-order valence-corrected chi connectivity index (χ3v) is 2.82. The van der Waals surface area contributed by atoms with E-state index >= 15 is 0 Å². The van der Waals surface area contributed by atoms with Crippen molar-refractivity contribution in [3.63, 3.8) is 0 Å². The van der Waals surface area contributed by atoms with Gasteiger partial charge in [0.05, 0.1) is 10.7 Å². The summed E-state index contributed by atoms with van der Waals surface area (Å²) in [5.74, 6) is 0.943. The van der Waals surface area contributed by atoms with Crippen LogP contribution < -0.4 is 5.73 Å². The van der Waals surface area contributed by atoms with E-state index in [1.807, 2.05) is 25.6 Å². The molecule has 1 rings (SSSR count). The highest BCUT2D eigenvalue weighted by atomic mass is 32.2. The van der Waals surface area contributed by atoms with Gasteiger partial charge in [-0.3, -0.25) is 4.68 Å². The number of hydrogen-bond acceptors (Lipinski definition) is 3. The van der Waals surface area contributed by atoms with Crippen LogP contribution in [0, 0.1) is 6.92 Å². The second-order valence-electron chi connectivity index (χ2n) is 3.04. The number of aromatic nitrogens is 2. The minimum atomic E-state index is 0.241. The zero-order chi connectivity index (χ0) is 9.14. The van der Waals surface area contributed by atoms with Crippen LogP contribution in [0.15, 0.2) is 11.1 Å². The van der Waals surface area contributed by atoms with Gasteiger partial charge >= 0.3 is 0 Å². The van der Waals surface area contributed by atoms with Crippen LogP contribution in [-0.4, -0.2) is 21.6 Å².